The quantitative estimate of drug-likeness (QED) is 0.691. The highest BCUT2D eigenvalue weighted by molar-refractivity contribution is 6.17. The molecule has 0 heterocycles. The van der Waals surface area contributed by atoms with Crippen molar-refractivity contribution < 1.29 is 0 Å². The Bertz CT molecular complexity index is 296. The zero-order valence-electron chi connectivity index (χ0n) is 9.18. The fourth-order valence-corrected chi connectivity index (χ4v) is 1.69. The van der Waals surface area contributed by atoms with Gasteiger partial charge < -0.3 is 4.90 Å². The number of anilines is 1. The number of hydrogen-bond donors (Lipinski definition) is 0. The van der Waals surface area contributed by atoms with E-state index in [0.29, 0.717) is 0 Å². The molecule has 0 unspecified atom stereocenters. The van der Waals surface area contributed by atoms with Gasteiger partial charge in [-0.1, -0.05) is 12.1 Å². The van der Waals surface area contributed by atoms with E-state index < -0.39 is 0 Å². The monoisotopic (exact) mass is 211 g/mol. The van der Waals surface area contributed by atoms with Gasteiger partial charge in [0.15, 0.2) is 0 Å². The second-order valence-corrected chi connectivity index (χ2v) is 4.06. The zero-order valence-corrected chi connectivity index (χ0v) is 9.93. The van der Waals surface area contributed by atoms with Crippen molar-refractivity contribution >= 4 is 17.3 Å². The van der Waals surface area contributed by atoms with Gasteiger partial charge in [-0.25, -0.2) is 0 Å². The first-order chi connectivity index (χ1) is 6.66. The summed E-state index contributed by atoms with van der Waals surface area (Å²) in [7, 11) is 2.12. The Kier molecular flexibility index (Phi) is 4.27. The number of hydrogen-bond acceptors (Lipinski definition) is 1. The minimum Gasteiger partial charge on any atom is -0.374 e. The van der Waals surface area contributed by atoms with Crippen LogP contribution in [0.3, 0.4) is 0 Å². The number of aryl methyl sites for hydroxylation is 1. The summed E-state index contributed by atoms with van der Waals surface area (Å²) in [5.41, 5.74) is 4.03. The Hall–Kier alpha value is -0.690. The van der Waals surface area contributed by atoms with Gasteiger partial charge in [0.1, 0.15) is 0 Å². The summed E-state index contributed by atoms with van der Waals surface area (Å²) in [5.74, 6) is 0.731. The molecule has 14 heavy (non-hydrogen) atoms. The summed E-state index contributed by atoms with van der Waals surface area (Å²) >= 11 is 5.68. The molecule has 0 bridgehead atoms. The molecule has 78 valence electrons. The van der Waals surface area contributed by atoms with Crippen molar-refractivity contribution in [3.05, 3.63) is 29.3 Å². The van der Waals surface area contributed by atoms with Crippen LogP contribution in [0, 0.1) is 13.8 Å². The zero-order chi connectivity index (χ0) is 10.6. The fourth-order valence-electron chi connectivity index (χ4n) is 1.57. The smallest absolute Gasteiger partial charge is 0.0395 e. The number of rotatable bonds is 4. The van der Waals surface area contributed by atoms with Crippen molar-refractivity contribution in [3.63, 3.8) is 0 Å². The van der Waals surface area contributed by atoms with E-state index in [9.17, 15) is 0 Å². The highest BCUT2D eigenvalue weighted by Crippen LogP contribution is 2.21. The fraction of sp³-hybridized carbons (Fsp3) is 0.500. The van der Waals surface area contributed by atoms with E-state index in [1.807, 2.05) is 0 Å². The Morgan fingerprint density at radius 3 is 2.64 bits per heavy atom. The van der Waals surface area contributed by atoms with Gasteiger partial charge in [-0.2, -0.15) is 0 Å². The molecule has 0 aliphatic heterocycles. The third-order valence-corrected chi connectivity index (χ3v) is 2.88. The maximum absolute atomic E-state index is 5.68. The lowest BCUT2D eigenvalue weighted by Crippen LogP contribution is -2.19. The molecule has 0 spiro atoms. The highest BCUT2D eigenvalue weighted by Gasteiger charge is 2.04. The Morgan fingerprint density at radius 2 is 2.00 bits per heavy atom. The minimum atomic E-state index is 0.731. The van der Waals surface area contributed by atoms with E-state index in [0.717, 1.165) is 18.8 Å². The molecule has 0 fully saturated rings. The predicted molar refractivity (Wildman–Crippen MR) is 64.5 cm³/mol. The van der Waals surface area contributed by atoms with Gasteiger partial charge in [-0.15, -0.1) is 11.6 Å². The Labute approximate surface area is 91.7 Å². The summed E-state index contributed by atoms with van der Waals surface area (Å²) in [4.78, 5) is 2.27. The molecular weight excluding hydrogens is 194 g/mol. The van der Waals surface area contributed by atoms with E-state index in [1.165, 1.54) is 16.8 Å². The summed E-state index contributed by atoms with van der Waals surface area (Å²) in [6, 6.07) is 6.42. The molecule has 0 radical (unpaired) electrons. The number of benzene rings is 1. The van der Waals surface area contributed by atoms with Crippen LogP contribution >= 0.6 is 11.6 Å². The van der Waals surface area contributed by atoms with E-state index in [-0.39, 0.29) is 0 Å². The number of halogens is 1. The molecular formula is C12H18ClN. The van der Waals surface area contributed by atoms with Crippen molar-refractivity contribution in [3.8, 4) is 0 Å². The first-order valence-corrected chi connectivity index (χ1v) is 5.53. The van der Waals surface area contributed by atoms with Crippen molar-refractivity contribution in [2.24, 2.45) is 0 Å². The van der Waals surface area contributed by atoms with Crippen LogP contribution in [0.15, 0.2) is 18.2 Å². The third kappa shape index (κ3) is 2.65. The summed E-state index contributed by atoms with van der Waals surface area (Å²) in [5, 5.41) is 0. The van der Waals surface area contributed by atoms with Gasteiger partial charge in [0, 0.05) is 25.2 Å². The molecule has 0 saturated heterocycles. The summed E-state index contributed by atoms with van der Waals surface area (Å²) < 4.78 is 0. The second-order valence-electron chi connectivity index (χ2n) is 3.68. The molecule has 0 atom stereocenters. The van der Waals surface area contributed by atoms with Crippen LogP contribution in [0.4, 0.5) is 5.69 Å². The maximum atomic E-state index is 5.68. The van der Waals surface area contributed by atoms with Gasteiger partial charge in [-0.05, 0) is 37.5 Å². The molecule has 0 aliphatic carbocycles. The SMILES string of the molecule is Cc1cccc(N(C)CCCCl)c1C. The van der Waals surface area contributed by atoms with E-state index >= 15 is 0 Å². The molecule has 0 saturated carbocycles. The number of nitrogens with zero attached hydrogens (tertiary/aromatic N) is 1. The first-order valence-electron chi connectivity index (χ1n) is 5.00. The van der Waals surface area contributed by atoms with Crippen molar-refractivity contribution in [2.75, 3.05) is 24.4 Å². The average molecular weight is 212 g/mol. The van der Waals surface area contributed by atoms with E-state index in [4.69, 9.17) is 11.6 Å². The molecule has 1 nitrogen and oxygen atoms in total. The van der Waals surface area contributed by atoms with E-state index in [2.05, 4.69) is 44.0 Å². The van der Waals surface area contributed by atoms with Gasteiger partial charge in [-0.3, -0.25) is 0 Å². The Balaban J connectivity index is 2.79. The molecule has 1 aromatic carbocycles. The molecule has 0 N–H and O–H groups in total. The molecule has 0 aromatic heterocycles. The number of alkyl halides is 1. The standard InChI is InChI=1S/C12H18ClN/c1-10-6-4-7-12(11(10)2)14(3)9-5-8-13/h4,6-7H,5,8-9H2,1-3H3. The van der Waals surface area contributed by atoms with Crippen LogP contribution < -0.4 is 4.90 Å². The van der Waals surface area contributed by atoms with Gasteiger partial charge in [0.05, 0.1) is 0 Å². The van der Waals surface area contributed by atoms with E-state index in [1.54, 1.807) is 0 Å². The third-order valence-electron chi connectivity index (χ3n) is 2.61. The molecule has 0 aliphatic rings. The van der Waals surface area contributed by atoms with Crippen LogP contribution in [0.2, 0.25) is 0 Å². The summed E-state index contributed by atoms with van der Waals surface area (Å²) in [6.07, 6.45) is 1.03. The van der Waals surface area contributed by atoms with Crippen molar-refractivity contribution in [1.29, 1.82) is 0 Å². The van der Waals surface area contributed by atoms with Crippen LogP contribution in [0.25, 0.3) is 0 Å². The van der Waals surface area contributed by atoms with Crippen molar-refractivity contribution in [2.45, 2.75) is 20.3 Å². The Morgan fingerprint density at radius 1 is 1.29 bits per heavy atom. The predicted octanol–water partition coefficient (Wildman–Crippen LogP) is 3.37. The lowest BCUT2D eigenvalue weighted by Gasteiger charge is -2.21. The lowest BCUT2D eigenvalue weighted by atomic mass is 10.1. The first kappa shape index (κ1) is 11.4. The maximum Gasteiger partial charge on any atom is 0.0395 e. The van der Waals surface area contributed by atoms with Gasteiger partial charge in [0.2, 0.25) is 0 Å². The van der Waals surface area contributed by atoms with Crippen LogP contribution in [0.1, 0.15) is 17.5 Å². The molecule has 2 heteroatoms. The minimum absolute atomic E-state index is 0.731. The van der Waals surface area contributed by atoms with Crippen LogP contribution in [-0.4, -0.2) is 19.5 Å². The van der Waals surface area contributed by atoms with Crippen molar-refractivity contribution in [1.82, 2.24) is 0 Å². The lowest BCUT2D eigenvalue weighted by molar-refractivity contribution is 0.853. The summed E-state index contributed by atoms with van der Waals surface area (Å²) in [6.45, 7) is 5.34. The molecule has 1 aromatic rings. The highest BCUT2D eigenvalue weighted by atomic mass is 35.5. The largest absolute Gasteiger partial charge is 0.374 e. The normalized spacial score (nSPS) is 10.3. The van der Waals surface area contributed by atoms with Gasteiger partial charge in [0.25, 0.3) is 0 Å². The molecule has 1 rings (SSSR count). The molecule has 0 amide bonds. The second kappa shape index (κ2) is 5.26. The van der Waals surface area contributed by atoms with Crippen LogP contribution in [0.5, 0.6) is 0 Å². The topological polar surface area (TPSA) is 3.24 Å². The van der Waals surface area contributed by atoms with Crippen LogP contribution in [-0.2, 0) is 0 Å². The van der Waals surface area contributed by atoms with Gasteiger partial charge >= 0.3 is 0 Å². The average Bonchev–Trinajstić information content (AvgIpc) is 2.18.